The first-order valence-electron chi connectivity index (χ1n) is 6.74. The van der Waals surface area contributed by atoms with Crippen molar-refractivity contribution < 1.29 is 0 Å². The van der Waals surface area contributed by atoms with Crippen LogP contribution >= 0.6 is 0 Å². The van der Waals surface area contributed by atoms with Crippen LogP contribution in [0.2, 0.25) is 0 Å². The second kappa shape index (κ2) is 5.61. The van der Waals surface area contributed by atoms with E-state index in [4.69, 9.17) is 0 Å². The van der Waals surface area contributed by atoms with Gasteiger partial charge in [-0.2, -0.15) is 5.10 Å². The summed E-state index contributed by atoms with van der Waals surface area (Å²) in [5, 5.41) is 7.85. The van der Waals surface area contributed by atoms with Crippen molar-refractivity contribution >= 4 is 5.69 Å². The summed E-state index contributed by atoms with van der Waals surface area (Å²) in [4.78, 5) is 0. The van der Waals surface area contributed by atoms with Crippen molar-refractivity contribution in [2.24, 2.45) is 0 Å². The first-order chi connectivity index (χ1) is 9.83. The average molecular weight is 263 g/mol. The number of nitrogens with zero attached hydrogens (tertiary/aromatic N) is 2. The summed E-state index contributed by atoms with van der Waals surface area (Å²) in [7, 11) is 0. The predicted octanol–water partition coefficient (Wildman–Crippen LogP) is 4.05. The summed E-state index contributed by atoms with van der Waals surface area (Å²) in [5.41, 5.74) is 3.35. The fourth-order valence-corrected chi connectivity index (χ4v) is 2.19. The van der Waals surface area contributed by atoms with Crippen LogP contribution in [0.4, 0.5) is 5.69 Å². The molecule has 3 nitrogen and oxygen atoms in total. The third kappa shape index (κ3) is 2.72. The molecule has 0 aliphatic carbocycles. The van der Waals surface area contributed by atoms with E-state index in [1.54, 1.807) is 0 Å². The Kier molecular flexibility index (Phi) is 3.50. The van der Waals surface area contributed by atoms with Gasteiger partial charge in [0.25, 0.3) is 0 Å². The number of rotatable bonds is 4. The van der Waals surface area contributed by atoms with Crippen molar-refractivity contribution in [1.82, 2.24) is 9.78 Å². The Labute approximate surface area is 118 Å². The van der Waals surface area contributed by atoms with Gasteiger partial charge in [-0.1, -0.05) is 48.5 Å². The normalized spacial score (nSPS) is 12.1. The van der Waals surface area contributed by atoms with Crippen LogP contribution < -0.4 is 5.32 Å². The Balaban J connectivity index is 1.75. The molecule has 0 radical (unpaired) electrons. The summed E-state index contributed by atoms with van der Waals surface area (Å²) in [6.07, 6.45) is 3.86. The molecular weight excluding hydrogens is 246 g/mol. The Morgan fingerprint density at radius 3 is 2.30 bits per heavy atom. The largest absolute Gasteiger partial charge is 0.376 e. The molecule has 0 fully saturated rings. The standard InChI is InChI=1S/C17H17N3/c1-14(15-8-4-2-5-9-15)19-16-12-18-20(13-16)17-10-6-3-7-11-17/h2-14,19H,1H3/t14-/m1/s1. The van der Waals surface area contributed by atoms with Crippen molar-refractivity contribution in [3.8, 4) is 5.69 Å². The summed E-state index contributed by atoms with van der Waals surface area (Å²) < 4.78 is 1.88. The molecule has 3 aromatic rings. The van der Waals surface area contributed by atoms with Crippen LogP contribution in [0.1, 0.15) is 18.5 Å². The molecule has 1 atom stereocenters. The molecule has 3 heteroatoms. The Morgan fingerprint density at radius 2 is 1.60 bits per heavy atom. The van der Waals surface area contributed by atoms with Gasteiger partial charge < -0.3 is 5.32 Å². The van der Waals surface area contributed by atoms with Gasteiger partial charge in [0, 0.05) is 6.04 Å². The lowest BCUT2D eigenvalue weighted by atomic mass is 10.1. The molecule has 3 rings (SSSR count). The highest BCUT2D eigenvalue weighted by Crippen LogP contribution is 2.19. The van der Waals surface area contributed by atoms with E-state index in [1.165, 1.54) is 5.56 Å². The molecule has 0 spiro atoms. The lowest BCUT2D eigenvalue weighted by Crippen LogP contribution is -2.05. The first-order valence-corrected chi connectivity index (χ1v) is 6.74. The fourth-order valence-electron chi connectivity index (χ4n) is 2.19. The maximum absolute atomic E-state index is 4.39. The number of hydrogen-bond acceptors (Lipinski definition) is 2. The van der Waals surface area contributed by atoms with Crippen LogP contribution in [0.25, 0.3) is 5.69 Å². The second-order valence-electron chi connectivity index (χ2n) is 4.79. The van der Waals surface area contributed by atoms with E-state index in [9.17, 15) is 0 Å². The van der Waals surface area contributed by atoms with Crippen molar-refractivity contribution in [2.45, 2.75) is 13.0 Å². The zero-order chi connectivity index (χ0) is 13.8. The van der Waals surface area contributed by atoms with E-state index < -0.39 is 0 Å². The van der Waals surface area contributed by atoms with Crippen LogP contribution in [0.3, 0.4) is 0 Å². The van der Waals surface area contributed by atoms with E-state index in [2.05, 4.69) is 41.6 Å². The van der Waals surface area contributed by atoms with Gasteiger partial charge in [-0.3, -0.25) is 0 Å². The Bertz CT molecular complexity index is 659. The molecule has 0 aliphatic heterocycles. The van der Waals surface area contributed by atoms with Gasteiger partial charge in [0.05, 0.1) is 23.8 Å². The zero-order valence-electron chi connectivity index (χ0n) is 11.4. The molecule has 20 heavy (non-hydrogen) atoms. The maximum atomic E-state index is 4.39. The van der Waals surface area contributed by atoms with Crippen molar-refractivity contribution in [3.05, 3.63) is 78.6 Å². The van der Waals surface area contributed by atoms with Gasteiger partial charge >= 0.3 is 0 Å². The van der Waals surface area contributed by atoms with E-state index >= 15 is 0 Å². The number of hydrogen-bond donors (Lipinski definition) is 1. The lowest BCUT2D eigenvalue weighted by Gasteiger charge is -2.13. The molecule has 0 amide bonds. The molecule has 0 saturated heterocycles. The van der Waals surface area contributed by atoms with Crippen molar-refractivity contribution in [3.63, 3.8) is 0 Å². The number of benzene rings is 2. The molecule has 1 aromatic heterocycles. The minimum Gasteiger partial charge on any atom is -0.376 e. The molecular formula is C17H17N3. The number of para-hydroxylation sites is 1. The molecule has 1 N–H and O–H groups in total. The van der Waals surface area contributed by atoms with Crippen molar-refractivity contribution in [2.75, 3.05) is 5.32 Å². The average Bonchev–Trinajstić information content (AvgIpc) is 2.97. The summed E-state index contributed by atoms with van der Waals surface area (Å²) in [6.45, 7) is 2.15. The minimum atomic E-state index is 0.254. The monoisotopic (exact) mass is 263 g/mol. The van der Waals surface area contributed by atoms with Crippen molar-refractivity contribution in [1.29, 1.82) is 0 Å². The quantitative estimate of drug-likeness (QED) is 0.769. The highest BCUT2D eigenvalue weighted by atomic mass is 15.3. The first kappa shape index (κ1) is 12.5. The summed E-state index contributed by atoms with van der Waals surface area (Å²) in [6, 6.07) is 20.8. The fraction of sp³-hybridized carbons (Fsp3) is 0.118. The Hall–Kier alpha value is -2.55. The van der Waals surface area contributed by atoms with E-state index in [0.717, 1.165) is 11.4 Å². The third-order valence-electron chi connectivity index (χ3n) is 3.29. The van der Waals surface area contributed by atoms with Gasteiger partial charge in [0.1, 0.15) is 0 Å². The van der Waals surface area contributed by atoms with Crippen LogP contribution in [-0.4, -0.2) is 9.78 Å². The van der Waals surface area contributed by atoms with Gasteiger partial charge in [0.2, 0.25) is 0 Å². The van der Waals surface area contributed by atoms with E-state index in [-0.39, 0.29) is 6.04 Å². The summed E-state index contributed by atoms with van der Waals surface area (Å²) in [5.74, 6) is 0. The van der Waals surface area contributed by atoms with E-state index in [1.807, 2.05) is 53.5 Å². The lowest BCUT2D eigenvalue weighted by molar-refractivity contribution is 0.876. The van der Waals surface area contributed by atoms with E-state index in [0.29, 0.717) is 0 Å². The Morgan fingerprint density at radius 1 is 0.950 bits per heavy atom. The minimum absolute atomic E-state index is 0.254. The molecule has 0 bridgehead atoms. The topological polar surface area (TPSA) is 29.9 Å². The maximum Gasteiger partial charge on any atom is 0.0735 e. The highest BCUT2D eigenvalue weighted by molar-refractivity contribution is 5.44. The van der Waals surface area contributed by atoms with Crippen LogP contribution in [0.5, 0.6) is 0 Å². The van der Waals surface area contributed by atoms with Gasteiger partial charge in [-0.25, -0.2) is 4.68 Å². The predicted molar refractivity (Wildman–Crippen MR) is 82.0 cm³/mol. The van der Waals surface area contributed by atoms with Gasteiger partial charge in [-0.05, 0) is 24.6 Å². The SMILES string of the molecule is C[C@@H](Nc1cnn(-c2ccccc2)c1)c1ccccc1. The molecule has 100 valence electrons. The summed E-state index contributed by atoms with van der Waals surface area (Å²) >= 11 is 0. The number of aromatic nitrogens is 2. The number of nitrogens with one attached hydrogen (secondary N) is 1. The molecule has 0 unspecified atom stereocenters. The van der Waals surface area contributed by atoms with Gasteiger partial charge in [0.15, 0.2) is 0 Å². The molecule has 0 aliphatic rings. The van der Waals surface area contributed by atoms with Gasteiger partial charge in [-0.15, -0.1) is 0 Å². The smallest absolute Gasteiger partial charge is 0.0735 e. The van der Waals surface area contributed by atoms with Crippen LogP contribution in [0.15, 0.2) is 73.1 Å². The van der Waals surface area contributed by atoms with Crippen LogP contribution in [0, 0.1) is 0 Å². The van der Waals surface area contributed by atoms with Crippen LogP contribution in [-0.2, 0) is 0 Å². The molecule has 2 aromatic carbocycles. The zero-order valence-corrected chi connectivity index (χ0v) is 11.4. The number of anilines is 1. The highest BCUT2D eigenvalue weighted by Gasteiger charge is 2.06. The molecule has 1 heterocycles. The third-order valence-corrected chi connectivity index (χ3v) is 3.29. The second-order valence-corrected chi connectivity index (χ2v) is 4.79. The molecule has 0 saturated carbocycles.